The van der Waals surface area contributed by atoms with Crippen molar-refractivity contribution >= 4 is 23.6 Å². The Bertz CT molecular complexity index is 880. The zero-order valence-electron chi connectivity index (χ0n) is 13.9. The number of carbonyl (C=O) groups excluding carboxylic acids is 1. The van der Waals surface area contributed by atoms with Crippen molar-refractivity contribution in [1.82, 2.24) is 0 Å². The lowest BCUT2D eigenvalue weighted by atomic mass is 10.1. The number of amides is 1. The Morgan fingerprint density at radius 1 is 1.08 bits per heavy atom. The first-order valence-electron chi connectivity index (χ1n) is 7.29. The topological polar surface area (TPSA) is 84.9 Å². The molecule has 0 aliphatic heterocycles. The van der Waals surface area contributed by atoms with Crippen LogP contribution >= 0.6 is 0 Å². The van der Waals surface area contributed by atoms with Crippen LogP contribution in [0.3, 0.4) is 0 Å². The van der Waals surface area contributed by atoms with E-state index < -0.39 is 29.1 Å². The van der Waals surface area contributed by atoms with Gasteiger partial charge in [0.05, 0.1) is 25.5 Å². The molecule has 0 saturated heterocycles. The second kappa shape index (κ2) is 8.11. The fourth-order valence-electron chi connectivity index (χ4n) is 2.14. The molecular formula is C18H15F2NO5. The molecule has 136 valence electrons. The summed E-state index contributed by atoms with van der Waals surface area (Å²) in [5.74, 6) is -3.80. The molecule has 1 amide bonds. The highest BCUT2D eigenvalue weighted by molar-refractivity contribution is 6.08. The van der Waals surface area contributed by atoms with Gasteiger partial charge in [0.15, 0.2) is 17.3 Å². The first kappa shape index (κ1) is 18.9. The monoisotopic (exact) mass is 363 g/mol. The van der Waals surface area contributed by atoms with Crippen LogP contribution in [-0.2, 0) is 4.79 Å². The maximum absolute atomic E-state index is 14.2. The number of hydrogen-bond donors (Lipinski definition) is 2. The number of ether oxygens (including phenoxy) is 2. The molecular weight excluding hydrogens is 348 g/mol. The van der Waals surface area contributed by atoms with E-state index in [0.29, 0.717) is 17.1 Å². The molecule has 0 spiro atoms. The summed E-state index contributed by atoms with van der Waals surface area (Å²) >= 11 is 0. The maximum Gasteiger partial charge on any atom is 0.337 e. The van der Waals surface area contributed by atoms with Crippen LogP contribution in [0.4, 0.5) is 14.5 Å². The molecule has 2 rings (SSSR count). The van der Waals surface area contributed by atoms with Gasteiger partial charge in [-0.1, -0.05) is 6.07 Å². The van der Waals surface area contributed by atoms with E-state index in [0.717, 1.165) is 24.3 Å². The predicted molar refractivity (Wildman–Crippen MR) is 90.6 cm³/mol. The van der Waals surface area contributed by atoms with Gasteiger partial charge in [0, 0.05) is 0 Å². The summed E-state index contributed by atoms with van der Waals surface area (Å²) in [6, 6.07) is 7.24. The third-order valence-electron chi connectivity index (χ3n) is 3.38. The van der Waals surface area contributed by atoms with E-state index in [1.54, 1.807) is 6.07 Å². The van der Waals surface area contributed by atoms with Crippen LogP contribution in [0.1, 0.15) is 15.9 Å². The molecule has 0 unspecified atom stereocenters. The zero-order chi connectivity index (χ0) is 19.3. The van der Waals surface area contributed by atoms with Crippen molar-refractivity contribution in [3.05, 3.63) is 59.2 Å². The Morgan fingerprint density at radius 3 is 2.38 bits per heavy atom. The molecule has 6 nitrogen and oxygen atoms in total. The van der Waals surface area contributed by atoms with E-state index in [9.17, 15) is 18.4 Å². The molecule has 0 fully saturated rings. The Labute approximate surface area is 147 Å². The molecule has 0 radical (unpaired) electrons. The third kappa shape index (κ3) is 4.35. The Kier molecular flexibility index (Phi) is 5.90. The average Bonchev–Trinajstić information content (AvgIpc) is 2.62. The minimum atomic E-state index is -1.45. The van der Waals surface area contributed by atoms with E-state index in [2.05, 4.69) is 5.32 Å². The lowest BCUT2D eigenvalue weighted by Gasteiger charge is -2.09. The number of anilines is 1. The molecule has 8 heteroatoms. The van der Waals surface area contributed by atoms with Gasteiger partial charge in [-0.15, -0.1) is 0 Å². The summed E-state index contributed by atoms with van der Waals surface area (Å²) in [7, 11) is 2.86. The molecule has 2 aromatic rings. The van der Waals surface area contributed by atoms with Crippen molar-refractivity contribution < 1.29 is 33.0 Å². The molecule has 26 heavy (non-hydrogen) atoms. The second-order valence-electron chi connectivity index (χ2n) is 5.06. The highest BCUT2D eigenvalue weighted by Crippen LogP contribution is 2.28. The SMILES string of the molecule is COc1ccc(/C=C(/F)C(=O)Nc2ccc(F)cc2C(=O)O)cc1OC. The number of aromatic carboxylic acids is 1. The molecule has 0 aliphatic carbocycles. The number of halogens is 2. The van der Waals surface area contributed by atoms with Crippen LogP contribution in [0.2, 0.25) is 0 Å². The Morgan fingerprint density at radius 2 is 1.77 bits per heavy atom. The fraction of sp³-hybridized carbons (Fsp3) is 0.111. The molecule has 0 heterocycles. The van der Waals surface area contributed by atoms with Crippen LogP contribution in [0.5, 0.6) is 11.5 Å². The van der Waals surface area contributed by atoms with Gasteiger partial charge < -0.3 is 19.9 Å². The van der Waals surface area contributed by atoms with E-state index in [-0.39, 0.29) is 5.69 Å². The zero-order valence-corrected chi connectivity index (χ0v) is 13.9. The summed E-state index contributed by atoms with van der Waals surface area (Å²) in [6.07, 6.45) is 0.946. The number of carbonyl (C=O) groups is 2. The molecule has 0 aromatic heterocycles. The second-order valence-corrected chi connectivity index (χ2v) is 5.06. The van der Waals surface area contributed by atoms with E-state index in [1.165, 1.54) is 26.4 Å². The smallest absolute Gasteiger partial charge is 0.337 e. The van der Waals surface area contributed by atoms with Crippen molar-refractivity contribution in [3.8, 4) is 11.5 Å². The summed E-state index contributed by atoms with van der Waals surface area (Å²) in [5, 5.41) is 11.1. The summed E-state index contributed by atoms with van der Waals surface area (Å²) in [4.78, 5) is 23.1. The third-order valence-corrected chi connectivity index (χ3v) is 3.38. The van der Waals surface area contributed by atoms with Crippen molar-refractivity contribution in [2.24, 2.45) is 0 Å². The molecule has 0 atom stereocenters. The Hall–Kier alpha value is -3.42. The summed E-state index contributed by atoms with van der Waals surface area (Å²) < 4.78 is 37.4. The normalized spacial score (nSPS) is 11.0. The van der Waals surface area contributed by atoms with Crippen molar-refractivity contribution in [2.75, 3.05) is 19.5 Å². The maximum atomic E-state index is 14.2. The molecule has 2 N–H and O–H groups in total. The highest BCUT2D eigenvalue weighted by atomic mass is 19.1. The van der Waals surface area contributed by atoms with Crippen LogP contribution in [0.15, 0.2) is 42.2 Å². The minimum absolute atomic E-state index is 0.222. The fourth-order valence-corrected chi connectivity index (χ4v) is 2.14. The predicted octanol–water partition coefficient (Wildman–Crippen LogP) is 3.49. The first-order valence-corrected chi connectivity index (χ1v) is 7.29. The minimum Gasteiger partial charge on any atom is -0.493 e. The van der Waals surface area contributed by atoms with Gasteiger partial charge in [0.1, 0.15) is 5.82 Å². The lowest BCUT2D eigenvalue weighted by molar-refractivity contribution is -0.114. The number of carboxylic acid groups (broad SMARTS) is 1. The number of benzene rings is 2. The molecule has 2 aromatic carbocycles. The Balaban J connectivity index is 2.25. The molecule has 0 bridgehead atoms. The van der Waals surface area contributed by atoms with Gasteiger partial charge in [-0.25, -0.2) is 13.6 Å². The summed E-state index contributed by atoms with van der Waals surface area (Å²) in [5.41, 5.74) is -0.384. The van der Waals surface area contributed by atoms with Crippen molar-refractivity contribution in [2.45, 2.75) is 0 Å². The number of nitrogens with one attached hydrogen (secondary N) is 1. The van der Waals surface area contributed by atoms with Crippen LogP contribution in [0.25, 0.3) is 6.08 Å². The van der Waals surface area contributed by atoms with Gasteiger partial charge >= 0.3 is 5.97 Å². The number of rotatable bonds is 6. The number of methoxy groups -OCH3 is 2. The van der Waals surface area contributed by atoms with Gasteiger partial charge in [-0.2, -0.15) is 0 Å². The number of carboxylic acids is 1. The standard InChI is InChI=1S/C18H15F2NO5/c1-25-15-6-3-10(8-16(15)26-2)7-13(20)17(22)21-14-5-4-11(19)9-12(14)18(23)24/h3-9H,1-2H3,(H,21,22)(H,23,24)/b13-7+. The van der Waals surface area contributed by atoms with Gasteiger partial charge in [0.2, 0.25) is 0 Å². The number of hydrogen-bond acceptors (Lipinski definition) is 4. The van der Waals surface area contributed by atoms with Crippen molar-refractivity contribution in [3.63, 3.8) is 0 Å². The molecule has 0 saturated carbocycles. The van der Waals surface area contributed by atoms with Gasteiger partial charge in [-0.05, 0) is 42.0 Å². The highest BCUT2D eigenvalue weighted by Gasteiger charge is 2.16. The summed E-state index contributed by atoms with van der Waals surface area (Å²) in [6.45, 7) is 0. The lowest BCUT2D eigenvalue weighted by Crippen LogP contribution is -2.15. The van der Waals surface area contributed by atoms with Crippen LogP contribution in [-0.4, -0.2) is 31.2 Å². The van der Waals surface area contributed by atoms with E-state index >= 15 is 0 Å². The van der Waals surface area contributed by atoms with Gasteiger partial charge in [-0.3, -0.25) is 4.79 Å². The van der Waals surface area contributed by atoms with Crippen LogP contribution in [0, 0.1) is 5.82 Å². The molecule has 0 aliphatic rings. The largest absolute Gasteiger partial charge is 0.493 e. The van der Waals surface area contributed by atoms with Crippen molar-refractivity contribution in [1.29, 1.82) is 0 Å². The quantitative estimate of drug-likeness (QED) is 0.768. The van der Waals surface area contributed by atoms with Crippen LogP contribution < -0.4 is 14.8 Å². The van der Waals surface area contributed by atoms with Gasteiger partial charge in [0.25, 0.3) is 5.91 Å². The van der Waals surface area contributed by atoms with E-state index in [1.807, 2.05) is 0 Å². The average molecular weight is 363 g/mol. The van der Waals surface area contributed by atoms with E-state index in [4.69, 9.17) is 14.6 Å². The first-order chi connectivity index (χ1) is 12.3.